The van der Waals surface area contributed by atoms with Crippen molar-refractivity contribution < 1.29 is 17.9 Å². The Balaban J connectivity index is 1.41. The van der Waals surface area contributed by atoms with Gasteiger partial charge in [0.2, 0.25) is 15.9 Å². The third-order valence-corrected chi connectivity index (χ3v) is 7.96. The number of hydrogen-bond donors (Lipinski definition) is 2. The molecule has 1 saturated heterocycles. The molecule has 5 rings (SSSR count). The van der Waals surface area contributed by atoms with Crippen molar-refractivity contribution in [2.45, 2.75) is 30.7 Å². The molecular weight excluding hydrogens is 464 g/mol. The lowest BCUT2D eigenvalue weighted by Gasteiger charge is -2.24. The second kappa shape index (κ2) is 9.52. The summed E-state index contributed by atoms with van der Waals surface area (Å²) in [5.74, 6) is 0.850. The maximum atomic E-state index is 13.6. The molecule has 0 bridgehead atoms. The molecule has 9 heteroatoms. The number of aromatic amines is 1. The average molecular weight is 491 g/mol. The van der Waals surface area contributed by atoms with Gasteiger partial charge in [0.1, 0.15) is 17.6 Å². The summed E-state index contributed by atoms with van der Waals surface area (Å²) in [6.45, 7) is 2.60. The van der Waals surface area contributed by atoms with Crippen LogP contribution in [-0.4, -0.2) is 47.8 Å². The lowest BCUT2D eigenvalue weighted by atomic mass is 10.2. The van der Waals surface area contributed by atoms with Crippen LogP contribution in [0.5, 0.6) is 5.75 Å². The standard InChI is InChI=1S/C26H26N4O4S/c1-2-34-24-13-7-6-11-21(24)29-26(31)23-12-8-16-30(23)35(32,33)19-14-15-20-22(17-19)28-25(27-20)18-9-4-3-5-10-18/h3-7,9-11,13-15,17,23H,2,8,12,16H2,1H3,(H,27,28)(H,29,31)/t23-/m0/s1. The van der Waals surface area contributed by atoms with Crippen LogP contribution in [-0.2, 0) is 14.8 Å². The van der Waals surface area contributed by atoms with Crippen molar-refractivity contribution in [3.8, 4) is 17.1 Å². The fourth-order valence-electron chi connectivity index (χ4n) is 4.37. The SMILES string of the molecule is CCOc1ccccc1NC(=O)[C@@H]1CCCN1S(=O)(=O)c1ccc2nc(-c3ccccc3)[nH]c2c1. The molecule has 1 aliphatic heterocycles. The molecule has 1 aromatic heterocycles. The molecule has 0 saturated carbocycles. The molecule has 1 atom stereocenters. The number of rotatable bonds is 7. The van der Waals surface area contributed by atoms with Crippen molar-refractivity contribution in [2.75, 3.05) is 18.5 Å². The highest BCUT2D eigenvalue weighted by molar-refractivity contribution is 7.89. The smallest absolute Gasteiger partial charge is 0.243 e. The second-order valence-corrected chi connectivity index (χ2v) is 10.2. The number of carbonyl (C=O) groups excluding carboxylic acids is 1. The Morgan fingerprint density at radius 2 is 1.89 bits per heavy atom. The van der Waals surface area contributed by atoms with Crippen LogP contribution in [0.15, 0.2) is 77.7 Å². The fraction of sp³-hybridized carbons (Fsp3) is 0.231. The van der Waals surface area contributed by atoms with Gasteiger partial charge in [-0.1, -0.05) is 42.5 Å². The first-order valence-electron chi connectivity index (χ1n) is 11.6. The quantitative estimate of drug-likeness (QED) is 0.399. The van der Waals surface area contributed by atoms with E-state index in [1.165, 1.54) is 4.31 Å². The maximum absolute atomic E-state index is 13.6. The van der Waals surface area contributed by atoms with Crippen molar-refractivity contribution in [1.29, 1.82) is 0 Å². The summed E-state index contributed by atoms with van der Waals surface area (Å²) < 4.78 is 34.0. The highest BCUT2D eigenvalue weighted by atomic mass is 32.2. The van der Waals surface area contributed by atoms with E-state index < -0.39 is 16.1 Å². The third kappa shape index (κ3) is 4.52. The van der Waals surface area contributed by atoms with E-state index in [9.17, 15) is 13.2 Å². The fourth-order valence-corrected chi connectivity index (χ4v) is 6.06. The van der Waals surface area contributed by atoms with E-state index in [4.69, 9.17) is 4.74 Å². The third-order valence-electron chi connectivity index (χ3n) is 6.06. The number of imidazole rings is 1. The Kier molecular flexibility index (Phi) is 6.27. The molecule has 0 radical (unpaired) electrons. The number of carbonyl (C=O) groups is 1. The van der Waals surface area contributed by atoms with Gasteiger partial charge in [-0.15, -0.1) is 0 Å². The number of amides is 1. The summed E-state index contributed by atoms with van der Waals surface area (Å²) in [4.78, 5) is 21.1. The van der Waals surface area contributed by atoms with Gasteiger partial charge in [0, 0.05) is 12.1 Å². The summed E-state index contributed by atoms with van der Waals surface area (Å²) >= 11 is 0. The van der Waals surface area contributed by atoms with Gasteiger partial charge in [-0.05, 0) is 50.1 Å². The predicted octanol–water partition coefficient (Wildman–Crippen LogP) is 4.42. The molecular formula is C26H26N4O4S. The van der Waals surface area contributed by atoms with Crippen molar-refractivity contribution >= 4 is 32.7 Å². The number of hydrogen-bond acceptors (Lipinski definition) is 5. The van der Waals surface area contributed by atoms with Gasteiger partial charge in [-0.3, -0.25) is 4.79 Å². The molecule has 3 aromatic carbocycles. The van der Waals surface area contributed by atoms with Crippen molar-refractivity contribution in [2.24, 2.45) is 0 Å². The number of sulfonamides is 1. The van der Waals surface area contributed by atoms with E-state index >= 15 is 0 Å². The molecule has 180 valence electrons. The number of aromatic nitrogens is 2. The monoisotopic (exact) mass is 490 g/mol. The first-order chi connectivity index (χ1) is 17.0. The molecule has 0 spiro atoms. The zero-order valence-electron chi connectivity index (χ0n) is 19.3. The molecule has 0 unspecified atom stereocenters. The van der Waals surface area contributed by atoms with E-state index in [0.29, 0.717) is 47.7 Å². The van der Waals surface area contributed by atoms with Crippen molar-refractivity contribution in [3.05, 3.63) is 72.8 Å². The Morgan fingerprint density at radius 1 is 1.11 bits per heavy atom. The van der Waals surface area contributed by atoms with E-state index in [0.717, 1.165) is 5.56 Å². The van der Waals surface area contributed by atoms with E-state index in [1.54, 1.807) is 36.4 Å². The first-order valence-corrected chi connectivity index (χ1v) is 13.0. The van der Waals surface area contributed by atoms with Gasteiger partial charge >= 0.3 is 0 Å². The minimum atomic E-state index is -3.90. The number of ether oxygens (including phenoxy) is 1. The van der Waals surface area contributed by atoms with E-state index in [2.05, 4.69) is 15.3 Å². The number of fused-ring (bicyclic) bond motifs is 1. The van der Waals surface area contributed by atoms with E-state index in [-0.39, 0.29) is 17.3 Å². The summed E-state index contributed by atoms with van der Waals surface area (Å²) in [5.41, 5.74) is 2.73. The number of nitrogens with one attached hydrogen (secondary N) is 2. The molecule has 1 amide bonds. The van der Waals surface area contributed by atoms with Gasteiger partial charge in [0.15, 0.2) is 0 Å². The molecule has 1 aliphatic rings. The highest BCUT2D eigenvalue weighted by Crippen LogP contribution is 2.31. The van der Waals surface area contributed by atoms with Gasteiger partial charge < -0.3 is 15.0 Å². The summed E-state index contributed by atoms with van der Waals surface area (Å²) in [6.07, 6.45) is 1.06. The van der Waals surface area contributed by atoms with Gasteiger partial charge in [-0.2, -0.15) is 4.31 Å². The highest BCUT2D eigenvalue weighted by Gasteiger charge is 2.39. The van der Waals surface area contributed by atoms with E-state index in [1.807, 2.05) is 43.3 Å². The molecule has 0 aliphatic carbocycles. The zero-order chi connectivity index (χ0) is 24.4. The van der Waals surface area contributed by atoms with Gasteiger partial charge in [0.25, 0.3) is 0 Å². The molecule has 8 nitrogen and oxygen atoms in total. The number of H-pyrrole nitrogens is 1. The zero-order valence-corrected chi connectivity index (χ0v) is 20.1. The van der Waals surface area contributed by atoms with Crippen molar-refractivity contribution in [3.63, 3.8) is 0 Å². The van der Waals surface area contributed by atoms with Crippen LogP contribution in [0.25, 0.3) is 22.4 Å². The topological polar surface area (TPSA) is 104 Å². The second-order valence-electron chi connectivity index (χ2n) is 8.32. The summed E-state index contributed by atoms with van der Waals surface area (Å²) in [6, 6.07) is 20.8. The lowest BCUT2D eigenvalue weighted by molar-refractivity contribution is -0.119. The minimum absolute atomic E-state index is 0.127. The first kappa shape index (κ1) is 23.1. The Labute approximate surface area is 204 Å². The van der Waals surface area contributed by atoms with Crippen LogP contribution in [0.4, 0.5) is 5.69 Å². The predicted molar refractivity (Wildman–Crippen MR) is 135 cm³/mol. The van der Waals surface area contributed by atoms with Crippen molar-refractivity contribution in [1.82, 2.24) is 14.3 Å². The molecule has 35 heavy (non-hydrogen) atoms. The van der Waals surface area contributed by atoms with Gasteiger partial charge in [-0.25, -0.2) is 13.4 Å². The summed E-state index contributed by atoms with van der Waals surface area (Å²) in [7, 11) is -3.90. The summed E-state index contributed by atoms with van der Waals surface area (Å²) in [5, 5.41) is 2.86. The number of para-hydroxylation sites is 2. The molecule has 1 fully saturated rings. The largest absolute Gasteiger partial charge is 0.492 e. The number of benzene rings is 3. The van der Waals surface area contributed by atoms with Crippen LogP contribution >= 0.6 is 0 Å². The van der Waals surface area contributed by atoms with Crippen LogP contribution in [0.2, 0.25) is 0 Å². The van der Waals surface area contributed by atoms with Crippen LogP contribution in [0.3, 0.4) is 0 Å². The van der Waals surface area contributed by atoms with Crippen LogP contribution < -0.4 is 10.1 Å². The van der Waals surface area contributed by atoms with Crippen LogP contribution in [0, 0.1) is 0 Å². The van der Waals surface area contributed by atoms with Crippen LogP contribution in [0.1, 0.15) is 19.8 Å². The Bertz CT molecular complexity index is 1470. The lowest BCUT2D eigenvalue weighted by Crippen LogP contribution is -2.43. The molecule has 4 aromatic rings. The minimum Gasteiger partial charge on any atom is -0.492 e. The maximum Gasteiger partial charge on any atom is 0.243 e. The average Bonchev–Trinajstić information content (AvgIpc) is 3.53. The van der Waals surface area contributed by atoms with Gasteiger partial charge in [0.05, 0.1) is 28.2 Å². The Morgan fingerprint density at radius 3 is 2.69 bits per heavy atom. The number of anilines is 1. The molecule has 2 heterocycles. The molecule has 2 N–H and O–H groups in total. The normalized spacial score (nSPS) is 16.4. The Hall–Kier alpha value is -3.69. The number of nitrogens with zero attached hydrogens (tertiary/aromatic N) is 2.